The number of carbonyl (C=O) groups is 2. The largest absolute Gasteiger partial charge is 0.399 e. The van der Waals surface area contributed by atoms with Crippen LogP contribution in [0.3, 0.4) is 0 Å². The number of benzene rings is 1. The molecular formula is C11H13N3O4. The van der Waals surface area contributed by atoms with Crippen LogP contribution in [-0.4, -0.2) is 34.0 Å². The quantitative estimate of drug-likeness (QED) is 0.267. The maximum atomic E-state index is 11.6. The van der Waals surface area contributed by atoms with E-state index in [-0.39, 0.29) is 23.4 Å². The molecule has 1 rings (SSSR count). The minimum atomic E-state index is -1.08. The monoisotopic (exact) mass is 251 g/mol. The van der Waals surface area contributed by atoms with E-state index < -0.39 is 17.0 Å². The number of hydrogen-bond donors (Lipinski definition) is 4. The van der Waals surface area contributed by atoms with Crippen molar-refractivity contribution >= 4 is 17.5 Å². The second kappa shape index (κ2) is 5.80. The number of nitrogens with two attached hydrogens (primary N) is 1. The van der Waals surface area contributed by atoms with E-state index in [0.717, 1.165) is 0 Å². The maximum Gasteiger partial charge on any atom is 0.303 e. The first-order valence-corrected chi connectivity index (χ1v) is 4.97. The van der Waals surface area contributed by atoms with Crippen LogP contribution < -0.4 is 11.1 Å². The van der Waals surface area contributed by atoms with E-state index >= 15 is 0 Å². The first-order chi connectivity index (χ1) is 8.45. The molecule has 0 saturated heterocycles. The zero-order valence-corrected chi connectivity index (χ0v) is 9.46. The molecule has 18 heavy (non-hydrogen) atoms. The number of anilines is 1. The standard InChI is InChI=1S/C11H13N3O4/c1-2-3-13-10(15)7-4-8(6-9(12)5-7)11(16)14(17)18/h2,4-6,17-18H,1,3,12H2,(H,13,15). The highest BCUT2D eigenvalue weighted by Gasteiger charge is 2.15. The van der Waals surface area contributed by atoms with E-state index in [2.05, 4.69) is 11.9 Å². The maximum absolute atomic E-state index is 11.6. The summed E-state index contributed by atoms with van der Waals surface area (Å²) in [6, 6.07) is 3.80. The second-order valence-corrected chi connectivity index (χ2v) is 3.44. The van der Waals surface area contributed by atoms with Gasteiger partial charge in [0, 0.05) is 23.4 Å². The lowest BCUT2D eigenvalue weighted by Crippen LogP contribution is -2.26. The van der Waals surface area contributed by atoms with Gasteiger partial charge in [-0.1, -0.05) is 11.3 Å². The van der Waals surface area contributed by atoms with Gasteiger partial charge in [0.1, 0.15) is 0 Å². The van der Waals surface area contributed by atoms with Crippen LogP contribution in [0.1, 0.15) is 20.7 Å². The summed E-state index contributed by atoms with van der Waals surface area (Å²) in [5.41, 5.74) is 5.72. The lowest BCUT2D eigenvalue weighted by Gasteiger charge is -2.09. The van der Waals surface area contributed by atoms with Crippen LogP contribution in [-0.2, 0) is 0 Å². The predicted molar refractivity (Wildman–Crippen MR) is 63.1 cm³/mol. The summed E-state index contributed by atoms with van der Waals surface area (Å²) in [5, 5.41) is 19.2. The molecule has 0 aromatic heterocycles. The smallest absolute Gasteiger partial charge is 0.303 e. The van der Waals surface area contributed by atoms with Gasteiger partial charge in [-0.15, -0.1) is 6.58 Å². The van der Waals surface area contributed by atoms with Gasteiger partial charge >= 0.3 is 5.91 Å². The summed E-state index contributed by atoms with van der Waals surface area (Å²) >= 11 is 0. The third-order valence-corrected chi connectivity index (χ3v) is 2.05. The van der Waals surface area contributed by atoms with Gasteiger partial charge in [0.2, 0.25) is 0 Å². The molecule has 5 N–H and O–H groups in total. The Morgan fingerprint density at radius 2 is 1.94 bits per heavy atom. The Balaban J connectivity index is 3.04. The fourth-order valence-corrected chi connectivity index (χ4v) is 1.29. The van der Waals surface area contributed by atoms with Crippen molar-refractivity contribution in [1.82, 2.24) is 10.5 Å². The zero-order valence-electron chi connectivity index (χ0n) is 9.46. The van der Waals surface area contributed by atoms with Crippen molar-refractivity contribution in [3.05, 3.63) is 42.0 Å². The Kier molecular flexibility index (Phi) is 4.41. The number of rotatable bonds is 4. The third kappa shape index (κ3) is 3.30. The minimum absolute atomic E-state index is 0.108. The normalized spacial score (nSPS) is 9.67. The number of nitrogens with one attached hydrogen (secondary N) is 1. The summed E-state index contributed by atoms with van der Waals surface area (Å²) < 4.78 is 0. The molecule has 0 saturated carbocycles. The van der Waals surface area contributed by atoms with Crippen molar-refractivity contribution in [3.63, 3.8) is 0 Å². The Labute approximate surface area is 103 Å². The van der Waals surface area contributed by atoms with E-state index in [4.69, 9.17) is 16.1 Å². The van der Waals surface area contributed by atoms with Crippen LogP contribution in [0.2, 0.25) is 0 Å². The molecule has 0 aliphatic carbocycles. The molecule has 0 fully saturated rings. The number of hydrogen-bond acceptors (Lipinski definition) is 5. The van der Waals surface area contributed by atoms with Crippen LogP contribution in [0.5, 0.6) is 0 Å². The molecule has 0 heterocycles. The van der Waals surface area contributed by atoms with Gasteiger partial charge in [0.05, 0.1) is 0 Å². The Morgan fingerprint density at radius 3 is 2.50 bits per heavy atom. The molecule has 96 valence electrons. The third-order valence-electron chi connectivity index (χ3n) is 2.05. The molecule has 1 aromatic carbocycles. The van der Waals surface area contributed by atoms with Crippen molar-refractivity contribution in [1.29, 1.82) is 0 Å². The van der Waals surface area contributed by atoms with E-state index in [1.54, 1.807) is 0 Å². The average molecular weight is 251 g/mol. The van der Waals surface area contributed by atoms with Gasteiger partial charge in [0.15, 0.2) is 0 Å². The molecule has 0 radical (unpaired) electrons. The van der Waals surface area contributed by atoms with E-state index in [9.17, 15) is 9.59 Å². The van der Waals surface area contributed by atoms with Gasteiger partial charge in [0.25, 0.3) is 5.91 Å². The van der Waals surface area contributed by atoms with Gasteiger partial charge in [-0.25, -0.2) is 0 Å². The highest BCUT2D eigenvalue weighted by atomic mass is 16.8. The molecule has 7 heteroatoms. The summed E-state index contributed by atoms with van der Waals surface area (Å²) in [6.45, 7) is 3.71. The summed E-state index contributed by atoms with van der Waals surface area (Å²) in [4.78, 5) is 22.9. The van der Waals surface area contributed by atoms with Crippen LogP contribution in [0.25, 0.3) is 0 Å². The topological polar surface area (TPSA) is 116 Å². The van der Waals surface area contributed by atoms with Gasteiger partial charge in [-0.2, -0.15) is 0 Å². The molecule has 0 spiro atoms. The van der Waals surface area contributed by atoms with E-state index in [1.807, 2.05) is 0 Å². The highest BCUT2D eigenvalue weighted by molar-refractivity contribution is 6.00. The lowest BCUT2D eigenvalue weighted by molar-refractivity contribution is -0.260. The van der Waals surface area contributed by atoms with E-state index in [1.165, 1.54) is 24.3 Å². The van der Waals surface area contributed by atoms with Crippen molar-refractivity contribution in [2.24, 2.45) is 0 Å². The molecule has 0 atom stereocenters. The van der Waals surface area contributed by atoms with Gasteiger partial charge < -0.3 is 11.1 Å². The molecule has 1 aromatic rings. The first-order valence-electron chi connectivity index (χ1n) is 4.97. The minimum Gasteiger partial charge on any atom is -0.399 e. The van der Waals surface area contributed by atoms with Crippen LogP contribution in [0.4, 0.5) is 5.69 Å². The fraction of sp³-hybridized carbons (Fsp3) is 0.0909. The number of hydroxylamine groups is 2. The first kappa shape index (κ1) is 13.7. The van der Waals surface area contributed by atoms with Crippen molar-refractivity contribution in [2.75, 3.05) is 12.3 Å². The summed E-state index contributed by atoms with van der Waals surface area (Å²) in [5.74, 6) is -1.53. The molecule has 0 aliphatic heterocycles. The Bertz CT molecular complexity index is 485. The molecule has 0 unspecified atom stereocenters. The molecule has 0 aliphatic rings. The van der Waals surface area contributed by atoms with Crippen LogP contribution in [0, 0.1) is 0 Å². The van der Waals surface area contributed by atoms with Crippen LogP contribution >= 0.6 is 0 Å². The van der Waals surface area contributed by atoms with Crippen molar-refractivity contribution in [2.45, 2.75) is 0 Å². The number of carbonyl (C=O) groups excluding carboxylic acids is 2. The second-order valence-electron chi connectivity index (χ2n) is 3.44. The van der Waals surface area contributed by atoms with Gasteiger partial charge in [-0.05, 0) is 18.2 Å². The lowest BCUT2D eigenvalue weighted by atomic mass is 10.1. The SMILES string of the molecule is C=CCNC(=O)c1cc(N)cc(C(=O)N(O)O)c1. The van der Waals surface area contributed by atoms with Crippen molar-refractivity contribution < 1.29 is 20.0 Å². The van der Waals surface area contributed by atoms with Crippen LogP contribution in [0.15, 0.2) is 30.9 Å². The summed E-state index contributed by atoms with van der Waals surface area (Å²) in [6.07, 6.45) is 1.50. The zero-order chi connectivity index (χ0) is 13.7. The molecule has 2 amide bonds. The van der Waals surface area contributed by atoms with Crippen molar-refractivity contribution in [3.8, 4) is 0 Å². The number of nitrogen functional groups attached to an aromatic ring is 1. The summed E-state index contributed by atoms with van der Waals surface area (Å²) in [7, 11) is 0. The Morgan fingerprint density at radius 1 is 1.33 bits per heavy atom. The van der Waals surface area contributed by atoms with E-state index in [0.29, 0.717) is 0 Å². The van der Waals surface area contributed by atoms with Gasteiger partial charge in [-0.3, -0.25) is 20.0 Å². The molecule has 0 bridgehead atoms. The number of nitrogens with zero attached hydrogens (tertiary/aromatic N) is 1. The molecule has 7 nitrogen and oxygen atoms in total. The average Bonchev–Trinajstić information content (AvgIpc) is 2.33. The Hall–Kier alpha value is -2.38. The fourth-order valence-electron chi connectivity index (χ4n) is 1.29. The molecular weight excluding hydrogens is 238 g/mol. The highest BCUT2D eigenvalue weighted by Crippen LogP contribution is 2.13. The predicted octanol–water partition coefficient (Wildman–Crippen LogP) is 0.405. The number of amides is 2.